The molecule has 0 aliphatic carbocycles. The van der Waals surface area contributed by atoms with Crippen molar-refractivity contribution in [3.63, 3.8) is 0 Å². The van der Waals surface area contributed by atoms with E-state index in [1.54, 1.807) is 0 Å². The molecular weight excluding hydrogens is 417 g/mol. The number of unbranched alkanes of at least 4 members (excludes halogenated alkanes) is 3. The van der Waals surface area contributed by atoms with Crippen LogP contribution in [0.25, 0.3) is 10.9 Å². The van der Waals surface area contributed by atoms with Gasteiger partial charge in [0.25, 0.3) is 0 Å². The topological polar surface area (TPSA) is 53.1 Å². The normalized spacial score (nSPS) is 12.0. The summed E-state index contributed by atoms with van der Waals surface area (Å²) in [5.41, 5.74) is 1.59. The number of hydrogen-bond acceptors (Lipinski definition) is 1. The van der Waals surface area contributed by atoms with Crippen molar-refractivity contribution in [1.82, 2.24) is 4.98 Å². The van der Waals surface area contributed by atoms with Crippen molar-refractivity contribution >= 4 is 39.0 Å². The third-order valence-corrected chi connectivity index (χ3v) is 20.8. The van der Waals surface area contributed by atoms with Crippen LogP contribution in [0.4, 0.5) is 0 Å². The Kier molecular flexibility index (Phi) is 7.85. The van der Waals surface area contributed by atoms with Gasteiger partial charge in [-0.2, -0.15) is 0 Å². The second-order valence-corrected chi connectivity index (χ2v) is 20.3. The number of hydrogen-bond donors (Lipinski definition) is 2. The van der Waals surface area contributed by atoms with Crippen LogP contribution >= 0.6 is 0 Å². The number of carboxylic acid groups (broad SMARTS) is 1. The fourth-order valence-electron chi connectivity index (χ4n) is 4.06. The van der Waals surface area contributed by atoms with Crippen molar-refractivity contribution in [3.05, 3.63) is 29.8 Å². The molecule has 0 atom stereocenters. The number of aromatic nitrogens is 1. The first-order valence-corrected chi connectivity index (χ1v) is 17.4. The number of benzene rings is 1. The zero-order valence-electron chi connectivity index (χ0n) is 16.0. The van der Waals surface area contributed by atoms with Crippen LogP contribution in [0, 0.1) is 0 Å². The van der Waals surface area contributed by atoms with Crippen molar-refractivity contribution in [2.24, 2.45) is 0 Å². The van der Waals surface area contributed by atoms with E-state index < -0.39 is 24.3 Å². The first-order chi connectivity index (χ1) is 12.1. The van der Waals surface area contributed by atoms with Gasteiger partial charge in [0, 0.05) is 0 Å². The summed E-state index contributed by atoms with van der Waals surface area (Å²) in [6.07, 6.45) is 7.28. The van der Waals surface area contributed by atoms with E-state index in [9.17, 15) is 9.90 Å². The summed E-state index contributed by atoms with van der Waals surface area (Å²) in [5, 5.41) is 10.9. The standard InChI is InChI=1S/C9H6NO2.3C4H9.Sn/c11-9(12)7-5-10-8-4-2-1-3-6(7)8;3*1-3-4-2;/h1-4,10H,(H,11,12);3*1,3-4H2,2H3;. The van der Waals surface area contributed by atoms with Gasteiger partial charge < -0.3 is 0 Å². The molecule has 0 saturated heterocycles. The van der Waals surface area contributed by atoms with E-state index in [-0.39, 0.29) is 0 Å². The number of para-hydroxylation sites is 1. The summed E-state index contributed by atoms with van der Waals surface area (Å²) in [4.78, 5) is 15.8. The van der Waals surface area contributed by atoms with Gasteiger partial charge in [-0.3, -0.25) is 0 Å². The van der Waals surface area contributed by atoms with Crippen LogP contribution in [0.3, 0.4) is 0 Å². The Morgan fingerprint density at radius 1 is 0.960 bits per heavy atom. The van der Waals surface area contributed by atoms with E-state index in [2.05, 4.69) is 25.8 Å². The van der Waals surface area contributed by atoms with Gasteiger partial charge >= 0.3 is 156 Å². The van der Waals surface area contributed by atoms with Crippen LogP contribution < -0.4 is 3.71 Å². The first kappa shape index (κ1) is 20.3. The predicted octanol–water partition coefficient (Wildman–Crippen LogP) is 5.92. The Hall–Kier alpha value is -0.971. The summed E-state index contributed by atoms with van der Waals surface area (Å²) in [6.45, 7) is 6.75. The Balaban J connectivity index is 2.63. The molecule has 0 bridgehead atoms. The zero-order chi connectivity index (χ0) is 18.3. The Morgan fingerprint density at radius 2 is 1.48 bits per heavy atom. The molecule has 25 heavy (non-hydrogen) atoms. The molecule has 0 radical (unpaired) electrons. The summed E-state index contributed by atoms with van der Waals surface area (Å²) in [5.74, 6) is -0.752. The molecule has 3 nitrogen and oxygen atoms in total. The molecule has 0 spiro atoms. The SMILES string of the molecule is CCC[CH2][Sn]([CH2]CCC)([CH2]CCC)[c]1[nH]c2ccccc2c1C(=O)O. The predicted molar refractivity (Wildman–Crippen MR) is 110 cm³/mol. The number of carbonyl (C=O) groups is 1. The minimum absolute atomic E-state index is 0.592. The van der Waals surface area contributed by atoms with Crippen LogP contribution in [0.5, 0.6) is 0 Å². The Labute approximate surface area is 156 Å². The number of H-pyrrole nitrogens is 1. The Morgan fingerprint density at radius 3 is 1.96 bits per heavy atom. The molecule has 0 fully saturated rings. The van der Waals surface area contributed by atoms with Crippen LogP contribution in [-0.4, -0.2) is 34.4 Å². The van der Waals surface area contributed by atoms with Crippen molar-refractivity contribution in [2.75, 3.05) is 0 Å². The van der Waals surface area contributed by atoms with Crippen LogP contribution in [-0.2, 0) is 0 Å². The van der Waals surface area contributed by atoms with Crippen molar-refractivity contribution in [2.45, 2.75) is 72.6 Å². The molecule has 0 aliphatic heterocycles. The number of aromatic carboxylic acids is 1. The molecule has 0 amide bonds. The van der Waals surface area contributed by atoms with Gasteiger partial charge in [0.1, 0.15) is 0 Å². The third kappa shape index (κ3) is 4.60. The van der Waals surface area contributed by atoms with Gasteiger partial charge in [-0.15, -0.1) is 0 Å². The molecule has 0 unspecified atom stereocenters. The maximum atomic E-state index is 12.2. The summed E-state index contributed by atoms with van der Waals surface area (Å²) in [7, 11) is 0. The van der Waals surface area contributed by atoms with E-state index >= 15 is 0 Å². The molecule has 1 aromatic heterocycles. The van der Waals surface area contributed by atoms with E-state index in [1.165, 1.54) is 55.5 Å². The van der Waals surface area contributed by atoms with Crippen molar-refractivity contribution < 1.29 is 9.90 Å². The van der Waals surface area contributed by atoms with E-state index in [4.69, 9.17) is 0 Å². The van der Waals surface area contributed by atoms with Crippen LogP contribution in [0.2, 0.25) is 13.3 Å². The molecule has 138 valence electrons. The summed E-state index contributed by atoms with van der Waals surface area (Å²) in [6, 6.07) is 7.94. The van der Waals surface area contributed by atoms with Gasteiger partial charge in [-0.05, 0) is 0 Å². The quantitative estimate of drug-likeness (QED) is 0.418. The van der Waals surface area contributed by atoms with Crippen LogP contribution in [0.15, 0.2) is 24.3 Å². The van der Waals surface area contributed by atoms with Gasteiger partial charge in [-0.1, -0.05) is 0 Å². The van der Waals surface area contributed by atoms with Gasteiger partial charge in [-0.25, -0.2) is 0 Å². The van der Waals surface area contributed by atoms with Crippen LogP contribution in [0.1, 0.15) is 69.7 Å². The number of nitrogens with one attached hydrogen (secondary N) is 1. The third-order valence-electron chi connectivity index (χ3n) is 5.48. The second-order valence-electron chi connectivity index (χ2n) is 7.32. The fourth-order valence-corrected chi connectivity index (χ4v) is 20.5. The second kappa shape index (κ2) is 9.65. The number of rotatable bonds is 11. The molecule has 1 aromatic carbocycles. The molecule has 2 rings (SSSR count). The average molecular weight is 450 g/mol. The molecule has 2 aromatic rings. The molecule has 2 N–H and O–H groups in total. The molecule has 4 heteroatoms. The Bertz CT molecular complexity index is 670. The monoisotopic (exact) mass is 451 g/mol. The average Bonchev–Trinajstić information content (AvgIpc) is 3.01. The molecular formula is C21H33NO2Sn. The number of carboxylic acids is 1. The number of aromatic amines is 1. The van der Waals surface area contributed by atoms with Gasteiger partial charge in [0.2, 0.25) is 0 Å². The van der Waals surface area contributed by atoms with E-state index in [1.807, 2.05) is 24.3 Å². The summed E-state index contributed by atoms with van der Waals surface area (Å²) < 4.78 is 5.01. The fraction of sp³-hybridized carbons (Fsp3) is 0.571. The summed E-state index contributed by atoms with van der Waals surface area (Å²) >= 11 is -2.79. The first-order valence-electron chi connectivity index (χ1n) is 9.94. The molecule has 0 saturated carbocycles. The van der Waals surface area contributed by atoms with E-state index in [0.29, 0.717) is 5.56 Å². The van der Waals surface area contributed by atoms with E-state index in [0.717, 1.165) is 10.9 Å². The van der Waals surface area contributed by atoms with Crippen molar-refractivity contribution in [3.8, 4) is 0 Å². The zero-order valence-corrected chi connectivity index (χ0v) is 18.9. The van der Waals surface area contributed by atoms with Gasteiger partial charge in [0.15, 0.2) is 0 Å². The van der Waals surface area contributed by atoms with Gasteiger partial charge in [0.05, 0.1) is 0 Å². The molecule has 1 heterocycles. The number of fused-ring (bicyclic) bond motifs is 1. The maximum absolute atomic E-state index is 12.2. The van der Waals surface area contributed by atoms with Crippen molar-refractivity contribution in [1.29, 1.82) is 0 Å². The minimum atomic E-state index is -2.79. The molecule has 0 aliphatic rings.